The summed E-state index contributed by atoms with van der Waals surface area (Å²) >= 11 is 0. The Hall–Kier alpha value is -6.62. The second-order valence-electron chi connectivity index (χ2n) is 15.7. The Morgan fingerprint density at radius 2 is 1.51 bits per heavy atom. The first-order chi connectivity index (χ1) is 27.7. The van der Waals surface area contributed by atoms with Crippen molar-refractivity contribution in [3.8, 4) is 22.4 Å². The lowest BCUT2D eigenvalue weighted by atomic mass is 9.97. The summed E-state index contributed by atoms with van der Waals surface area (Å²) in [6.45, 7) is 5.21. The lowest BCUT2D eigenvalue weighted by molar-refractivity contribution is -0.135. The number of rotatable bonds is 9. The van der Waals surface area contributed by atoms with E-state index in [1.54, 1.807) is 4.90 Å². The Morgan fingerprint density at radius 3 is 2.28 bits per heavy atom. The highest BCUT2D eigenvalue weighted by molar-refractivity contribution is 6.05. The standard InChI is InChI=1S/C46H46N8O3/c1-27(2)41(52-46(56)57)45(55)54-21-7-11-40(54)44-49-37-19-17-33-23-32(16-18-35(33)42(37)51-44)29-12-13-31-24-34(15-14-30(31)22-29)38-25-48-43(50-38)39-10-6-20-53(39)26-36(47)28-8-4-3-5-9-28/h3-5,8-9,12-19,22-27,39-41,52H,6-7,10-11,20-21,47H2,1-2H3,(H,48,50)(H,49,51)(H,56,57). The summed E-state index contributed by atoms with van der Waals surface area (Å²) in [6.07, 6.45) is 6.50. The number of aromatic amines is 2. The van der Waals surface area contributed by atoms with Crippen molar-refractivity contribution in [1.82, 2.24) is 35.1 Å². The van der Waals surface area contributed by atoms with Gasteiger partial charge in [-0.15, -0.1) is 0 Å². The topological polar surface area (TPSA) is 156 Å². The fraction of sp³-hybridized carbons (Fsp3) is 0.261. The minimum absolute atomic E-state index is 0.151. The van der Waals surface area contributed by atoms with Crippen LogP contribution >= 0.6 is 0 Å². The second kappa shape index (κ2) is 14.8. The molecule has 11 heteroatoms. The molecule has 0 bridgehead atoms. The lowest BCUT2D eigenvalue weighted by Gasteiger charge is -2.29. The average Bonchev–Trinajstić information content (AvgIpc) is 4.06. The van der Waals surface area contributed by atoms with Gasteiger partial charge in [0.25, 0.3) is 0 Å². The molecule has 2 fully saturated rings. The van der Waals surface area contributed by atoms with Gasteiger partial charge < -0.3 is 35.9 Å². The van der Waals surface area contributed by atoms with Crippen LogP contribution in [0, 0.1) is 5.92 Å². The monoisotopic (exact) mass is 758 g/mol. The van der Waals surface area contributed by atoms with Gasteiger partial charge in [0, 0.05) is 30.2 Å². The molecule has 0 aliphatic carbocycles. The van der Waals surface area contributed by atoms with Crippen LogP contribution in [0.5, 0.6) is 0 Å². The summed E-state index contributed by atoms with van der Waals surface area (Å²) in [7, 11) is 0. The molecule has 3 atom stereocenters. The molecule has 288 valence electrons. The number of amides is 2. The van der Waals surface area contributed by atoms with E-state index in [9.17, 15) is 14.7 Å². The number of aromatic nitrogens is 4. The van der Waals surface area contributed by atoms with Gasteiger partial charge in [-0.1, -0.05) is 86.6 Å². The third-order valence-corrected chi connectivity index (χ3v) is 11.7. The molecule has 0 saturated carbocycles. The predicted octanol–water partition coefficient (Wildman–Crippen LogP) is 8.98. The van der Waals surface area contributed by atoms with Crippen LogP contribution in [-0.4, -0.2) is 66.0 Å². The minimum Gasteiger partial charge on any atom is -0.465 e. The van der Waals surface area contributed by atoms with Crippen molar-refractivity contribution < 1.29 is 14.7 Å². The number of nitrogens with two attached hydrogens (primary N) is 1. The van der Waals surface area contributed by atoms with Crippen molar-refractivity contribution in [3.05, 3.63) is 127 Å². The maximum Gasteiger partial charge on any atom is 0.405 e. The smallest absolute Gasteiger partial charge is 0.405 e. The van der Waals surface area contributed by atoms with E-state index >= 15 is 0 Å². The van der Waals surface area contributed by atoms with E-state index in [0.717, 1.165) is 110 Å². The molecule has 5 aromatic carbocycles. The average molecular weight is 759 g/mol. The summed E-state index contributed by atoms with van der Waals surface area (Å²) in [5.74, 6) is 1.29. The van der Waals surface area contributed by atoms with Gasteiger partial charge in [0.15, 0.2) is 0 Å². The van der Waals surface area contributed by atoms with E-state index in [1.165, 1.54) is 0 Å². The summed E-state index contributed by atoms with van der Waals surface area (Å²) in [5.41, 5.74) is 14.3. The quantitative estimate of drug-likeness (QED) is 0.0984. The molecule has 9 rings (SSSR count). The maximum absolute atomic E-state index is 13.5. The summed E-state index contributed by atoms with van der Waals surface area (Å²) in [5, 5.41) is 16.2. The number of hydrogen-bond donors (Lipinski definition) is 5. The van der Waals surface area contributed by atoms with Crippen molar-refractivity contribution in [1.29, 1.82) is 0 Å². The van der Waals surface area contributed by atoms with Crippen molar-refractivity contribution in [2.45, 2.75) is 57.7 Å². The molecule has 11 nitrogen and oxygen atoms in total. The molecule has 7 aromatic rings. The van der Waals surface area contributed by atoms with Crippen LogP contribution in [0.25, 0.3) is 60.7 Å². The Kier molecular flexibility index (Phi) is 9.36. The Bertz CT molecular complexity index is 2660. The van der Waals surface area contributed by atoms with Crippen LogP contribution in [0.15, 0.2) is 109 Å². The number of hydrogen-bond acceptors (Lipinski definition) is 6. The molecule has 3 unspecified atom stereocenters. The zero-order valence-corrected chi connectivity index (χ0v) is 32.1. The number of carbonyl (C=O) groups is 2. The number of carboxylic acid groups (broad SMARTS) is 1. The normalized spacial score (nSPS) is 18.0. The Labute approximate surface area is 330 Å². The Morgan fingerprint density at radius 1 is 0.825 bits per heavy atom. The van der Waals surface area contributed by atoms with Crippen molar-refractivity contribution in [2.75, 3.05) is 13.1 Å². The van der Waals surface area contributed by atoms with E-state index in [0.29, 0.717) is 6.54 Å². The fourth-order valence-electron chi connectivity index (χ4n) is 8.66. The van der Waals surface area contributed by atoms with Gasteiger partial charge in [-0.25, -0.2) is 14.8 Å². The number of likely N-dealkylation sites (tertiary alicyclic amines) is 2. The number of fused-ring (bicyclic) bond motifs is 4. The van der Waals surface area contributed by atoms with Gasteiger partial charge in [-0.05, 0) is 88.7 Å². The van der Waals surface area contributed by atoms with E-state index in [2.05, 4.69) is 87.0 Å². The number of nitrogens with zero attached hydrogens (tertiary/aromatic N) is 4. The first-order valence-corrected chi connectivity index (χ1v) is 19.8. The van der Waals surface area contributed by atoms with Gasteiger partial charge in [0.2, 0.25) is 5.91 Å². The van der Waals surface area contributed by atoms with E-state index < -0.39 is 12.1 Å². The molecular weight excluding hydrogens is 713 g/mol. The van der Waals surface area contributed by atoms with E-state index in [4.69, 9.17) is 15.7 Å². The third-order valence-electron chi connectivity index (χ3n) is 11.7. The number of nitrogens with one attached hydrogen (secondary N) is 3. The number of H-pyrrole nitrogens is 2. The molecule has 2 aliphatic rings. The lowest BCUT2D eigenvalue weighted by Crippen LogP contribution is -2.50. The first-order valence-electron chi connectivity index (χ1n) is 19.8. The number of carbonyl (C=O) groups excluding carboxylic acids is 1. The van der Waals surface area contributed by atoms with E-state index in [-0.39, 0.29) is 23.9 Å². The number of benzene rings is 5. The number of imidazole rings is 2. The first kappa shape index (κ1) is 36.0. The molecule has 2 amide bonds. The molecule has 6 N–H and O–H groups in total. The van der Waals surface area contributed by atoms with Crippen LogP contribution in [0.3, 0.4) is 0 Å². The highest BCUT2D eigenvalue weighted by Gasteiger charge is 2.37. The molecule has 0 radical (unpaired) electrons. The second-order valence-corrected chi connectivity index (χ2v) is 15.7. The molecule has 4 heterocycles. The van der Waals surface area contributed by atoms with Crippen LogP contribution in [0.4, 0.5) is 4.79 Å². The van der Waals surface area contributed by atoms with E-state index in [1.807, 2.05) is 56.4 Å². The van der Waals surface area contributed by atoms with Crippen LogP contribution in [0.1, 0.15) is 68.8 Å². The SMILES string of the molecule is CC(C)C(NC(=O)O)C(=O)N1CCCC1c1nc2c(ccc3cc(-c4ccc5cc(-c6cnc(C7CCCN7C=C(N)c7ccccc7)[nH]6)ccc5c4)ccc32)[nH]1. The molecular formula is C46H46N8O3. The van der Waals surface area contributed by atoms with Crippen molar-refractivity contribution >= 4 is 50.3 Å². The summed E-state index contributed by atoms with van der Waals surface area (Å²) < 4.78 is 0. The van der Waals surface area contributed by atoms with Gasteiger partial charge in [-0.2, -0.15) is 0 Å². The summed E-state index contributed by atoms with van der Waals surface area (Å²) in [4.78, 5) is 46.0. The summed E-state index contributed by atoms with van der Waals surface area (Å²) in [6, 6.07) is 32.9. The van der Waals surface area contributed by atoms with Gasteiger partial charge in [0.05, 0.1) is 40.7 Å². The van der Waals surface area contributed by atoms with Crippen LogP contribution < -0.4 is 11.1 Å². The van der Waals surface area contributed by atoms with Gasteiger partial charge in [0.1, 0.15) is 17.7 Å². The van der Waals surface area contributed by atoms with Gasteiger partial charge >= 0.3 is 6.09 Å². The fourth-order valence-corrected chi connectivity index (χ4v) is 8.66. The molecule has 2 aliphatic heterocycles. The third kappa shape index (κ3) is 6.94. The highest BCUT2D eigenvalue weighted by Crippen LogP contribution is 2.37. The van der Waals surface area contributed by atoms with Crippen molar-refractivity contribution in [3.63, 3.8) is 0 Å². The molecule has 2 saturated heterocycles. The molecule has 57 heavy (non-hydrogen) atoms. The maximum atomic E-state index is 13.5. The zero-order chi connectivity index (χ0) is 39.2. The van der Waals surface area contributed by atoms with Crippen LogP contribution in [-0.2, 0) is 4.79 Å². The van der Waals surface area contributed by atoms with Crippen LogP contribution in [0.2, 0.25) is 0 Å². The van der Waals surface area contributed by atoms with Gasteiger partial charge in [-0.3, -0.25) is 4.79 Å². The Balaban J connectivity index is 0.936. The molecule has 2 aromatic heterocycles. The molecule has 0 spiro atoms. The highest BCUT2D eigenvalue weighted by atomic mass is 16.4. The van der Waals surface area contributed by atoms with Crippen molar-refractivity contribution in [2.24, 2.45) is 11.7 Å². The predicted molar refractivity (Wildman–Crippen MR) is 225 cm³/mol. The minimum atomic E-state index is -1.20. The zero-order valence-electron chi connectivity index (χ0n) is 32.1. The largest absolute Gasteiger partial charge is 0.465 e.